The van der Waals surface area contributed by atoms with Crippen LogP contribution in [0.3, 0.4) is 0 Å². The van der Waals surface area contributed by atoms with Crippen molar-refractivity contribution in [2.45, 2.75) is 105 Å². The number of nitrogens with zero attached hydrogens (tertiary/aromatic N) is 2. The summed E-state index contributed by atoms with van der Waals surface area (Å²) in [4.78, 5) is 5.34. The molecule has 2 heterocycles. The van der Waals surface area contributed by atoms with Gasteiger partial charge in [-0.25, -0.2) is 0 Å². The topological polar surface area (TPSA) is 6.48 Å². The van der Waals surface area contributed by atoms with Crippen LogP contribution in [0.1, 0.15) is 105 Å². The average Bonchev–Trinajstić information content (AvgIpc) is 0.689. The fourth-order valence-corrected chi connectivity index (χ4v) is 21.3. The molecule has 2 aliphatic heterocycles. The first-order chi connectivity index (χ1) is 50.5. The molecule has 0 spiro atoms. The van der Waals surface area contributed by atoms with Gasteiger partial charge in [-0.1, -0.05) is 368 Å². The Morgan fingerprint density at radius 3 is 0.943 bits per heavy atom. The van der Waals surface area contributed by atoms with E-state index in [4.69, 9.17) is 11.6 Å². The highest BCUT2D eigenvalue weighted by molar-refractivity contribution is 7.20. The molecule has 0 N–H and O–H groups in total. The molecule has 2 nitrogen and oxygen atoms in total. The lowest BCUT2D eigenvalue weighted by Crippen LogP contribution is -2.74. The van der Waals surface area contributed by atoms with Crippen molar-refractivity contribution in [3.05, 3.63) is 355 Å². The van der Waals surface area contributed by atoms with Crippen LogP contribution in [-0.2, 0) is 21.7 Å². The molecule has 105 heavy (non-hydrogen) atoms. The summed E-state index contributed by atoms with van der Waals surface area (Å²) < 4.78 is 0. The fraction of sp³-hybridized carbons (Fsp3) is 0.160. The van der Waals surface area contributed by atoms with Crippen LogP contribution < -0.4 is 46.9 Å². The summed E-state index contributed by atoms with van der Waals surface area (Å²) in [7, 11) is -2.85. The van der Waals surface area contributed by atoms with Gasteiger partial charge in [0, 0.05) is 50.0 Å². The first kappa shape index (κ1) is 68.7. The Kier molecular flexibility index (Phi) is 17.5. The highest BCUT2D eigenvalue weighted by Crippen LogP contribution is 2.56. The lowest BCUT2D eigenvalue weighted by Gasteiger charge is -2.46. The Morgan fingerprint density at radius 1 is 0.248 bits per heavy atom. The third-order valence-electron chi connectivity index (χ3n) is 22.0. The van der Waals surface area contributed by atoms with E-state index in [-0.39, 0.29) is 28.4 Å². The van der Waals surface area contributed by atoms with E-state index in [2.05, 4.69) is 420 Å². The van der Waals surface area contributed by atoms with Crippen molar-refractivity contribution in [1.82, 2.24) is 0 Å². The van der Waals surface area contributed by atoms with Gasteiger partial charge in [0.05, 0.1) is 11.4 Å². The quantitative estimate of drug-likeness (QED) is 0.0888. The summed E-state index contributed by atoms with van der Waals surface area (Å²) >= 11 is 7.67. The third-order valence-corrected chi connectivity index (χ3v) is 27.1. The van der Waals surface area contributed by atoms with Crippen LogP contribution in [-0.4, -0.2) is 14.8 Å². The minimum atomic E-state index is -2.85. The molecule has 514 valence electrons. The van der Waals surface area contributed by atoms with Crippen molar-refractivity contribution in [2.75, 3.05) is 9.80 Å². The van der Waals surface area contributed by atoms with Crippen molar-refractivity contribution in [3.63, 3.8) is 0 Å². The van der Waals surface area contributed by atoms with Gasteiger partial charge < -0.3 is 9.80 Å². The maximum Gasteiger partial charge on any atom is 0.252 e. The number of fused-ring (bicyclic) bond motifs is 4. The highest BCUT2D eigenvalue weighted by atomic mass is 35.5. The van der Waals surface area contributed by atoms with Gasteiger partial charge >= 0.3 is 0 Å². The molecule has 0 aliphatic carbocycles. The van der Waals surface area contributed by atoms with Gasteiger partial charge in [-0.05, 0) is 180 Å². The van der Waals surface area contributed by atoms with Crippen LogP contribution in [0.15, 0.2) is 328 Å². The van der Waals surface area contributed by atoms with Crippen molar-refractivity contribution in [3.8, 4) is 66.8 Å². The van der Waals surface area contributed by atoms with Crippen LogP contribution in [0, 0.1) is 0 Å². The molecule has 0 unspecified atom stereocenters. The second-order valence-corrected chi connectivity index (χ2v) is 37.3. The van der Waals surface area contributed by atoms with Crippen molar-refractivity contribution in [2.24, 2.45) is 0 Å². The molecular formula is C100H90BClN2Si. The predicted molar refractivity (Wildman–Crippen MR) is 457 cm³/mol. The summed E-state index contributed by atoms with van der Waals surface area (Å²) in [6, 6.07) is 125. The van der Waals surface area contributed by atoms with Gasteiger partial charge in [0.2, 0.25) is 0 Å². The predicted octanol–water partition coefficient (Wildman–Crippen LogP) is 23.0. The molecule has 14 aromatic rings. The molecule has 0 aromatic heterocycles. The van der Waals surface area contributed by atoms with E-state index >= 15 is 0 Å². The molecular weight excluding hydrogens is 1300 g/mol. The van der Waals surface area contributed by atoms with E-state index in [1.807, 2.05) is 0 Å². The van der Waals surface area contributed by atoms with Gasteiger partial charge in [0.1, 0.15) is 0 Å². The molecule has 14 aromatic carbocycles. The SMILES string of the molecule is CC(C)(C)c1cc(-c2cc3c4c(c2)N(c2c(-c5ccccc5)cc(C(C)(C)C)cc2-c2ccccc2)c2cc(Cl)ccc2B4c2cc(-c4ccc([Si](c5ccccc5)(c5ccccc5)c5ccccc5)cc4)ccc2N3c2c(-c3ccccc3)cc(C(C)(C)C)cc2-c2ccccc2)cc(C(C)(C)C)c1. The first-order valence-corrected chi connectivity index (χ1v) is 39.6. The smallest absolute Gasteiger partial charge is 0.252 e. The maximum atomic E-state index is 7.67. The first-order valence-electron chi connectivity index (χ1n) is 37.3. The maximum absolute atomic E-state index is 7.67. The molecule has 0 amide bonds. The van der Waals surface area contributed by atoms with Gasteiger partial charge in [-0.15, -0.1) is 0 Å². The van der Waals surface area contributed by atoms with E-state index in [1.165, 1.54) is 65.0 Å². The summed E-state index contributed by atoms with van der Waals surface area (Å²) in [6.45, 7) is 27.9. The van der Waals surface area contributed by atoms with Crippen LogP contribution in [0.2, 0.25) is 5.02 Å². The van der Waals surface area contributed by atoms with E-state index in [0.29, 0.717) is 5.02 Å². The second kappa shape index (κ2) is 26.7. The van der Waals surface area contributed by atoms with Gasteiger partial charge in [-0.3, -0.25) is 0 Å². The lowest BCUT2D eigenvalue weighted by molar-refractivity contribution is 0.569. The number of anilines is 6. The molecule has 16 rings (SSSR count). The Bertz CT molecular complexity index is 5310. The molecule has 5 heteroatoms. The number of benzene rings is 14. The zero-order chi connectivity index (χ0) is 72.7. The Balaban J connectivity index is 1.06. The summed E-state index contributed by atoms with van der Waals surface area (Å²) in [6.07, 6.45) is 0. The van der Waals surface area contributed by atoms with Crippen molar-refractivity contribution >= 4 is 97.6 Å². The van der Waals surface area contributed by atoms with E-state index in [1.54, 1.807) is 0 Å². The lowest BCUT2D eigenvalue weighted by atomic mass is 9.33. The number of hydrogen-bond acceptors (Lipinski definition) is 2. The Morgan fingerprint density at radius 2 is 0.571 bits per heavy atom. The largest absolute Gasteiger partial charge is 0.310 e. The monoisotopic (exact) mass is 1390 g/mol. The van der Waals surface area contributed by atoms with E-state index < -0.39 is 8.07 Å². The molecule has 0 radical (unpaired) electrons. The van der Waals surface area contributed by atoms with Crippen LogP contribution in [0.5, 0.6) is 0 Å². The van der Waals surface area contributed by atoms with Crippen molar-refractivity contribution < 1.29 is 0 Å². The standard InChI is InChI=1S/C100H90BClN2Si/c1-97(2,3)75-56-73(57-76(61-75)98(4,5)6)74-59-92-94-93(60-74)104(96-86(70-38-24-15-25-39-70)64-78(100(10,11)12)65-87(96)71-40-26-16-27-41-71)91-66-79(102)51-54-88(91)101(94)89-58-72(67-48-52-83(53-49-67)105(80-42-28-17-29-43-80,81-44-30-18-31-45-81)82-46-32-19-33-47-82)50-55-90(89)103(92)95-84(68-34-20-13-21-35-68)62-77(99(7,8)9)63-85(95)69-36-22-14-23-37-69/h13-66H,1-12H3. The summed E-state index contributed by atoms with van der Waals surface area (Å²) in [5.74, 6) is 0. The second-order valence-electron chi connectivity index (χ2n) is 33.0. The Hall–Kier alpha value is -10.7. The minimum absolute atomic E-state index is 0.154. The van der Waals surface area contributed by atoms with Gasteiger partial charge in [0.25, 0.3) is 6.71 Å². The van der Waals surface area contributed by atoms with Crippen LogP contribution in [0.4, 0.5) is 34.1 Å². The van der Waals surface area contributed by atoms with E-state index in [9.17, 15) is 0 Å². The highest BCUT2D eigenvalue weighted by Gasteiger charge is 2.47. The fourth-order valence-electron chi connectivity index (χ4n) is 16.4. The minimum Gasteiger partial charge on any atom is -0.310 e. The summed E-state index contributed by atoms with van der Waals surface area (Å²) in [5.41, 5.74) is 28.4. The zero-order valence-corrected chi connectivity index (χ0v) is 64.3. The average molecular weight is 1390 g/mol. The van der Waals surface area contributed by atoms with E-state index in [0.717, 1.165) is 95.3 Å². The summed E-state index contributed by atoms with van der Waals surface area (Å²) in [5, 5.41) is 6.04. The van der Waals surface area contributed by atoms with Crippen LogP contribution >= 0.6 is 11.6 Å². The molecule has 0 saturated carbocycles. The molecule has 0 atom stereocenters. The molecule has 0 fully saturated rings. The van der Waals surface area contributed by atoms with Crippen molar-refractivity contribution in [1.29, 1.82) is 0 Å². The number of rotatable bonds is 12. The molecule has 2 aliphatic rings. The van der Waals surface area contributed by atoms with Crippen LogP contribution in [0.25, 0.3) is 66.8 Å². The normalized spacial score (nSPS) is 12.9. The molecule has 0 bridgehead atoms. The number of hydrogen-bond donors (Lipinski definition) is 0. The molecule has 0 saturated heterocycles. The zero-order valence-electron chi connectivity index (χ0n) is 62.5. The Labute approximate surface area is 629 Å². The van der Waals surface area contributed by atoms with Gasteiger partial charge in [0.15, 0.2) is 8.07 Å². The third kappa shape index (κ3) is 12.5. The van der Waals surface area contributed by atoms with Gasteiger partial charge in [-0.2, -0.15) is 0 Å². The number of halogens is 1.